The highest BCUT2D eigenvalue weighted by Crippen LogP contribution is 2.36. The van der Waals surface area contributed by atoms with Gasteiger partial charge in [-0.15, -0.1) is 11.6 Å². The first kappa shape index (κ1) is 19.6. The molecule has 1 aromatic rings. The Bertz CT molecular complexity index is 532. The van der Waals surface area contributed by atoms with E-state index < -0.39 is 6.17 Å². The summed E-state index contributed by atoms with van der Waals surface area (Å²) in [5, 5.41) is 3.22. The summed E-state index contributed by atoms with van der Waals surface area (Å²) in [7, 11) is 3.29. The van der Waals surface area contributed by atoms with Crippen LogP contribution in [0.4, 0.5) is 15.8 Å². The summed E-state index contributed by atoms with van der Waals surface area (Å²) in [5.74, 6) is 1.60. The minimum atomic E-state index is -0.994. The second-order valence-electron chi connectivity index (χ2n) is 4.98. The van der Waals surface area contributed by atoms with Gasteiger partial charge in [-0.2, -0.15) is 0 Å². The van der Waals surface area contributed by atoms with Crippen LogP contribution in [-0.4, -0.2) is 44.5 Å². The number of halogens is 2. The third kappa shape index (κ3) is 5.91. The van der Waals surface area contributed by atoms with Gasteiger partial charge in [-0.05, 0) is 25.6 Å². The SMILES string of the molecule is COc1cc(N(C)C(=S)NC[C@H](C)F)c(N)cc1OCCCCl. The van der Waals surface area contributed by atoms with Gasteiger partial charge in [0.05, 0.1) is 25.1 Å². The molecular weight excluding hydrogens is 341 g/mol. The Morgan fingerprint density at radius 1 is 1.48 bits per heavy atom. The van der Waals surface area contributed by atoms with Gasteiger partial charge in [0.15, 0.2) is 16.6 Å². The molecule has 1 aromatic carbocycles. The molecule has 23 heavy (non-hydrogen) atoms. The first-order valence-electron chi connectivity index (χ1n) is 7.22. The molecule has 130 valence electrons. The van der Waals surface area contributed by atoms with E-state index in [4.69, 9.17) is 39.0 Å². The maximum absolute atomic E-state index is 12.9. The Hall–Kier alpha value is -1.47. The van der Waals surface area contributed by atoms with Crippen molar-refractivity contribution in [2.75, 3.05) is 43.8 Å². The molecule has 0 aromatic heterocycles. The number of nitrogen functional groups attached to an aromatic ring is 1. The van der Waals surface area contributed by atoms with Crippen molar-refractivity contribution in [1.82, 2.24) is 5.32 Å². The Morgan fingerprint density at radius 3 is 2.74 bits per heavy atom. The smallest absolute Gasteiger partial charge is 0.173 e. The molecule has 0 radical (unpaired) electrons. The van der Waals surface area contributed by atoms with Crippen LogP contribution < -0.4 is 25.4 Å². The maximum Gasteiger partial charge on any atom is 0.173 e. The van der Waals surface area contributed by atoms with Gasteiger partial charge in [0, 0.05) is 31.6 Å². The number of hydrogen-bond donors (Lipinski definition) is 2. The second kappa shape index (κ2) is 9.62. The fourth-order valence-electron chi connectivity index (χ4n) is 1.82. The molecule has 0 amide bonds. The minimum absolute atomic E-state index is 0.139. The first-order chi connectivity index (χ1) is 10.9. The topological polar surface area (TPSA) is 59.8 Å². The highest BCUT2D eigenvalue weighted by Gasteiger charge is 2.16. The zero-order chi connectivity index (χ0) is 17.4. The van der Waals surface area contributed by atoms with E-state index in [-0.39, 0.29) is 6.54 Å². The van der Waals surface area contributed by atoms with E-state index in [9.17, 15) is 4.39 Å². The normalized spacial score (nSPS) is 11.7. The molecule has 0 aliphatic heterocycles. The molecule has 8 heteroatoms. The summed E-state index contributed by atoms with van der Waals surface area (Å²) in [6, 6.07) is 3.41. The average molecular weight is 364 g/mol. The number of nitrogens with one attached hydrogen (secondary N) is 1. The van der Waals surface area contributed by atoms with Gasteiger partial charge < -0.3 is 25.4 Å². The first-order valence-corrected chi connectivity index (χ1v) is 8.16. The van der Waals surface area contributed by atoms with Crippen molar-refractivity contribution in [3.05, 3.63) is 12.1 Å². The molecule has 0 saturated heterocycles. The molecule has 0 heterocycles. The number of methoxy groups -OCH3 is 1. The zero-order valence-corrected chi connectivity index (χ0v) is 15.1. The van der Waals surface area contributed by atoms with Gasteiger partial charge in [0.2, 0.25) is 0 Å². The quantitative estimate of drug-likeness (QED) is 0.320. The predicted octanol–water partition coefficient (Wildman–Crippen LogP) is 2.95. The molecule has 0 aliphatic carbocycles. The van der Waals surface area contributed by atoms with Crippen molar-refractivity contribution in [2.45, 2.75) is 19.5 Å². The van der Waals surface area contributed by atoms with Crippen molar-refractivity contribution in [3.8, 4) is 11.5 Å². The number of anilines is 2. The Labute approximate surface area is 146 Å². The van der Waals surface area contributed by atoms with E-state index >= 15 is 0 Å². The number of alkyl halides is 2. The molecule has 0 spiro atoms. The van der Waals surface area contributed by atoms with Crippen molar-refractivity contribution in [2.24, 2.45) is 0 Å². The number of nitrogens with zero attached hydrogens (tertiary/aromatic N) is 1. The number of hydrogen-bond acceptors (Lipinski definition) is 4. The van der Waals surface area contributed by atoms with E-state index in [0.717, 1.165) is 6.42 Å². The number of thiocarbonyl (C=S) groups is 1. The van der Waals surface area contributed by atoms with Crippen LogP contribution in [0, 0.1) is 0 Å². The van der Waals surface area contributed by atoms with Crippen LogP contribution in [0.3, 0.4) is 0 Å². The summed E-state index contributed by atoms with van der Waals surface area (Å²) in [5.41, 5.74) is 7.21. The molecule has 3 N–H and O–H groups in total. The van der Waals surface area contributed by atoms with E-state index in [1.807, 2.05) is 0 Å². The van der Waals surface area contributed by atoms with E-state index in [0.29, 0.717) is 40.5 Å². The lowest BCUT2D eigenvalue weighted by molar-refractivity contribution is 0.295. The predicted molar refractivity (Wildman–Crippen MR) is 97.8 cm³/mol. The van der Waals surface area contributed by atoms with Gasteiger partial charge in [-0.3, -0.25) is 0 Å². The van der Waals surface area contributed by atoms with E-state index in [1.54, 1.807) is 31.2 Å². The summed E-state index contributed by atoms with van der Waals surface area (Å²) >= 11 is 10.9. The Kier molecular flexibility index (Phi) is 8.19. The third-order valence-electron chi connectivity index (χ3n) is 3.05. The maximum atomic E-state index is 12.9. The van der Waals surface area contributed by atoms with Crippen LogP contribution in [0.5, 0.6) is 11.5 Å². The van der Waals surface area contributed by atoms with Crippen LogP contribution in [0.15, 0.2) is 12.1 Å². The van der Waals surface area contributed by atoms with Gasteiger partial charge in [-0.25, -0.2) is 4.39 Å². The van der Waals surface area contributed by atoms with Crippen molar-refractivity contribution >= 4 is 40.3 Å². The molecular formula is C15H23ClFN3O2S. The van der Waals surface area contributed by atoms with Gasteiger partial charge in [0.25, 0.3) is 0 Å². The molecule has 5 nitrogen and oxygen atoms in total. The molecule has 0 fully saturated rings. The number of benzene rings is 1. The van der Waals surface area contributed by atoms with Crippen LogP contribution in [0.25, 0.3) is 0 Å². The summed E-state index contributed by atoms with van der Waals surface area (Å²) in [6.45, 7) is 2.07. The molecule has 0 saturated carbocycles. The molecule has 0 bridgehead atoms. The largest absolute Gasteiger partial charge is 0.493 e. The molecule has 0 aliphatic rings. The van der Waals surface area contributed by atoms with E-state index in [2.05, 4.69) is 5.32 Å². The third-order valence-corrected chi connectivity index (χ3v) is 3.73. The van der Waals surface area contributed by atoms with Crippen LogP contribution in [0.1, 0.15) is 13.3 Å². The molecule has 1 rings (SSSR count). The van der Waals surface area contributed by atoms with Crippen LogP contribution in [-0.2, 0) is 0 Å². The summed E-state index contributed by atoms with van der Waals surface area (Å²) in [4.78, 5) is 1.66. The summed E-state index contributed by atoms with van der Waals surface area (Å²) in [6.07, 6.45) is -0.271. The summed E-state index contributed by atoms with van der Waals surface area (Å²) < 4.78 is 23.9. The molecule has 1 atom stereocenters. The highest BCUT2D eigenvalue weighted by atomic mass is 35.5. The Morgan fingerprint density at radius 2 is 2.17 bits per heavy atom. The standard InChI is InChI=1S/C15H23ClFN3O2S/c1-10(17)9-19-15(23)20(2)12-8-13(21-3)14(7-11(12)18)22-6-4-5-16/h7-8,10H,4-6,9,18H2,1-3H3,(H,19,23)/t10-/m0/s1. The second-order valence-corrected chi connectivity index (χ2v) is 5.74. The lowest BCUT2D eigenvalue weighted by atomic mass is 10.2. The van der Waals surface area contributed by atoms with Gasteiger partial charge in [-0.1, -0.05) is 0 Å². The van der Waals surface area contributed by atoms with Gasteiger partial charge >= 0.3 is 0 Å². The zero-order valence-electron chi connectivity index (χ0n) is 13.6. The van der Waals surface area contributed by atoms with Crippen LogP contribution >= 0.6 is 23.8 Å². The number of rotatable bonds is 8. The van der Waals surface area contributed by atoms with Crippen molar-refractivity contribution in [1.29, 1.82) is 0 Å². The minimum Gasteiger partial charge on any atom is -0.493 e. The highest BCUT2D eigenvalue weighted by molar-refractivity contribution is 7.80. The van der Waals surface area contributed by atoms with Crippen LogP contribution in [0.2, 0.25) is 0 Å². The van der Waals surface area contributed by atoms with E-state index in [1.165, 1.54) is 6.92 Å². The fourth-order valence-corrected chi connectivity index (χ4v) is 2.11. The van der Waals surface area contributed by atoms with Crippen molar-refractivity contribution < 1.29 is 13.9 Å². The van der Waals surface area contributed by atoms with Gasteiger partial charge in [0.1, 0.15) is 6.17 Å². The lowest BCUT2D eigenvalue weighted by Gasteiger charge is -2.24. The fraction of sp³-hybridized carbons (Fsp3) is 0.533. The number of ether oxygens (including phenoxy) is 2. The average Bonchev–Trinajstić information content (AvgIpc) is 2.52. The molecule has 0 unspecified atom stereocenters. The number of nitrogens with two attached hydrogens (primary N) is 1. The van der Waals surface area contributed by atoms with Crippen molar-refractivity contribution in [3.63, 3.8) is 0 Å². The monoisotopic (exact) mass is 363 g/mol. The lowest BCUT2D eigenvalue weighted by Crippen LogP contribution is -2.39. The Balaban J connectivity index is 2.92.